The van der Waals surface area contributed by atoms with Crippen molar-refractivity contribution in [1.82, 2.24) is 4.72 Å². The van der Waals surface area contributed by atoms with Crippen LogP contribution in [0.3, 0.4) is 0 Å². The van der Waals surface area contributed by atoms with Crippen LogP contribution >= 0.6 is 0 Å². The fraction of sp³-hybridized carbons (Fsp3) is 0.538. The van der Waals surface area contributed by atoms with Crippen molar-refractivity contribution in [3.63, 3.8) is 0 Å². The lowest BCUT2D eigenvalue weighted by Crippen LogP contribution is -2.47. The molecule has 0 amide bonds. The lowest BCUT2D eigenvalue weighted by Gasteiger charge is -2.35. The van der Waals surface area contributed by atoms with Crippen LogP contribution in [0.15, 0.2) is 29.2 Å². The summed E-state index contributed by atoms with van der Waals surface area (Å²) in [6.07, 6.45) is 1.60. The highest BCUT2D eigenvalue weighted by Gasteiger charge is 2.33. The van der Waals surface area contributed by atoms with Gasteiger partial charge in [-0.2, -0.15) is 0 Å². The van der Waals surface area contributed by atoms with Gasteiger partial charge < -0.3 is 9.84 Å². The summed E-state index contributed by atoms with van der Waals surface area (Å²) in [5, 5.41) is 9.03. The maximum atomic E-state index is 12.1. The lowest BCUT2D eigenvalue weighted by atomic mass is 9.90. The van der Waals surface area contributed by atoms with Gasteiger partial charge in [-0.15, -0.1) is 0 Å². The first kappa shape index (κ1) is 14.5. The third kappa shape index (κ3) is 3.54. The molecule has 106 valence electrons. The summed E-state index contributed by atoms with van der Waals surface area (Å²) in [5.41, 5.74) is 0.587. The molecular weight excluding hydrogens is 266 g/mol. The summed E-state index contributed by atoms with van der Waals surface area (Å²) in [6.45, 7) is 2.42. The number of hydrogen-bond donors (Lipinski definition) is 2. The average molecular weight is 285 g/mol. The Labute approximate surface area is 113 Å². The van der Waals surface area contributed by atoms with E-state index in [2.05, 4.69) is 4.72 Å². The van der Waals surface area contributed by atoms with Gasteiger partial charge in [-0.1, -0.05) is 12.1 Å². The molecular formula is C13H19NO4S. The predicted molar refractivity (Wildman–Crippen MR) is 71.1 cm³/mol. The molecule has 0 unspecified atom stereocenters. The maximum Gasteiger partial charge on any atom is 0.240 e. The molecule has 0 radical (unpaired) electrons. The maximum absolute atomic E-state index is 12.1. The number of ether oxygens (including phenoxy) is 1. The van der Waals surface area contributed by atoms with Gasteiger partial charge in [0.05, 0.1) is 17.6 Å². The van der Waals surface area contributed by atoms with Crippen LogP contribution in [0.1, 0.15) is 25.3 Å². The number of hydrogen-bond acceptors (Lipinski definition) is 4. The predicted octanol–water partition coefficient (Wildman–Crippen LogP) is 1.02. The molecule has 2 rings (SSSR count). The molecule has 0 saturated heterocycles. The first-order valence-electron chi connectivity index (χ1n) is 6.39. The zero-order valence-electron chi connectivity index (χ0n) is 10.9. The molecule has 1 fully saturated rings. The van der Waals surface area contributed by atoms with Crippen molar-refractivity contribution in [2.75, 3.05) is 6.61 Å². The van der Waals surface area contributed by atoms with Crippen LogP contribution in [0.4, 0.5) is 0 Å². The zero-order chi connectivity index (χ0) is 13.9. The summed E-state index contributed by atoms with van der Waals surface area (Å²) < 4.78 is 32.3. The summed E-state index contributed by atoms with van der Waals surface area (Å²) in [5.74, 6) is 0. The Morgan fingerprint density at radius 2 is 2.16 bits per heavy atom. The smallest absolute Gasteiger partial charge is 0.240 e. The molecule has 5 nitrogen and oxygen atoms in total. The van der Waals surface area contributed by atoms with E-state index in [4.69, 9.17) is 9.84 Å². The van der Waals surface area contributed by atoms with Crippen molar-refractivity contribution in [2.24, 2.45) is 0 Å². The third-order valence-corrected chi connectivity index (χ3v) is 4.73. The van der Waals surface area contributed by atoms with E-state index >= 15 is 0 Å². The van der Waals surface area contributed by atoms with E-state index in [1.165, 1.54) is 12.1 Å². The molecule has 0 atom stereocenters. The highest BCUT2D eigenvalue weighted by molar-refractivity contribution is 7.89. The minimum absolute atomic E-state index is 0.0562. The van der Waals surface area contributed by atoms with E-state index in [1.54, 1.807) is 12.1 Å². The molecule has 1 aromatic carbocycles. The van der Waals surface area contributed by atoms with Crippen molar-refractivity contribution < 1.29 is 18.3 Å². The Morgan fingerprint density at radius 3 is 2.79 bits per heavy atom. The van der Waals surface area contributed by atoms with Crippen molar-refractivity contribution in [3.8, 4) is 0 Å². The fourth-order valence-electron chi connectivity index (χ4n) is 2.13. The molecule has 1 aliphatic carbocycles. The summed E-state index contributed by atoms with van der Waals surface area (Å²) in [7, 11) is -3.51. The van der Waals surface area contributed by atoms with Crippen LogP contribution in [0.25, 0.3) is 0 Å². The summed E-state index contributed by atoms with van der Waals surface area (Å²) in [4.78, 5) is 0.193. The molecule has 0 bridgehead atoms. The molecule has 0 aliphatic heterocycles. The number of benzene rings is 1. The van der Waals surface area contributed by atoms with Gasteiger partial charge in [0.2, 0.25) is 10.0 Å². The van der Waals surface area contributed by atoms with Gasteiger partial charge in [0.25, 0.3) is 0 Å². The van der Waals surface area contributed by atoms with Crippen molar-refractivity contribution in [2.45, 2.75) is 43.4 Å². The SMILES string of the molecule is CCOC1CC(NS(=O)(=O)c2cccc(CO)c2)C1. The first-order chi connectivity index (χ1) is 9.05. The highest BCUT2D eigenvalue weighted by Crippen LogP contribution is 2.25. The minimum Gasteiger partial charge on any atom is -0.392 e. The van der Waals surface area contributed by atoms with Gasteiger partial charge in [-0.25, -0.2) is 13.1 Å². The zero-order valence-corrected chi connectivity index (χ0v) is 11.7. The van der Waals surface area contributed by atoms with E-state index in [0.29, 0.717) is 25.0 Å². The summed E-state index contributed by atoms with van der Waals surface area (Å²) in [6, 6.07) is 6.28. The van der Waals surface area contributed by atoms with Crippen molar-refractivity contribution in [1.29, 1.82) is 0 Å². The van der Waals surface area contributed by atoms with E-state index in [-0.39, 0.29) is 23.6 Å². The topological polar surface area (TPSA) is 75.6 Å². The van der Waals surface area contributed by atoms with Crippen molar-refractivity contribution >= 4 is 10.0 Å². The molecule has 6 heteroatoms. The third-order valence-electron chi connectivity index (χ3n) is 3.21. The lowest BCUT2D eigenvalue weighted by molar-refractivity contribution is -0.00475. The van der Waals surface area contributed by atoms with Crippen LogP contribution in [-0.2, 0) is 21.4 Å². The monoisotopic (exact) mass is 285 g/mol. The van der Waals surface area contributed by atoms with Crippen molar-refractivity contribution in [3.05, 3.63) is 29.8 Å². The van der Waals surface area contributed by atoms with Crippen LogP contribution in [-0.4, -0.2) is 32.3 Å². The van der Waals surface area contributed by atoms with Gasteiger partial charge >= 0.3 is 0 Å². The summed E-state index contributed by atoms with van der Waals surface area (Å²) >= 11 is 0. The van der Waals surface area contributed by atoms with Crippen LogP contribution in [0.5, 0.6) is 0 Å². The highest BCUT2D eigenvalue weighted by atomic mass is 32.2. The number of aliphatic hydroxyl groups excluding tert-OH is 1. The molecule has 2 N–H and O–H groups in total. The van der Waals surface area contributed by atoms with Crippen LogP contribution in [0, 0.1) is 0 Å². The number of aliphatic hydroxyl groups is 1. The Morgan fingerprint density at radius 1 is 1.42 bits per heavy atom. The molecule has 19 heavy (non-hydrogen) atoms. The molecule has 1 aromatic rings. The minimum atomic E-state index is -3.51. The Kier molecular flexibility index (Phi) is 4.57. The fourth-order valence-corrected chi connectivity index (χ4v) is 3.46. The Bertz CT molecular complexity index is 523. The average Bonchev–Trinajstić information content (AvgIpc) is 2.36. The number of rotatable bonds is 6. The molecule has 1 saturated carbocycles. The Balaban J connectivity index is 1.99. The molecule has 0 aromatic heterocycles. The van der Waals surface area contributed by atoms with Crippen LogP contribution < -0.4 is 4.72 Å². The number of nitrogens with one attached hydrogen (secondary N) is 1. The van der Waals surface area contributed by atoms with Gasteiger partial charge in [0.15, 0.2) is 0 Å². The molecule has 1 aliphatic rings. The van der Waals surface area contributed by atoms with Gasteiger partial charge in [-0.05, 0) is 37.5 Å². The Hall–Kier alpha value is -0.950. The largest absolute Gasteiger partial charge is 0.392 e. The second kappa shape index (κ2) is 6.00. The molecule has 0 spiro atoms. The van der Waals surface area contributed by atoms with Gasteiger partial charge in [0, 0.05) is 12.6 Å². The standard InChI is InChI=1S/C13H19NO4S/c1-2-18-12-7-11(8-12)14-19(16,17)13-5-3-4-10(6-13)9-15/h3-6,11-12,14-15H,2,7-9H2,1H3. The first-order valence-corrected chi connectivity index (χ1v) is 7.87. The quantitative estimate of drug-likeness (QED) is 0.818. The van der Waals surface area contributed by atoms with E-state index in [9.17, 15) is 8.42 Å². The van der Waals surface area contributed by atoms with E-state index in [1.807, 2.05) is 6.92 Å². The van der Waals surface area contributed by atoms with E-state index in [0.717, 1.165) is 0 Å². The number of sulfonamides is 1. The second-order valence-electron chi connectivity index (χ2n) is 4.67. The second-order valence-corrected chi connectivity index (χ2v) is 6.39. The van der Waals surface area contributed by atoms with Gasteiger partial charge in [0.1, 0.15) is 0 Å². The molecule has 0 heterocycles. The van der Waals surface area contributed by atoms with E-state index < -0.39 is 10.0 Å². The van der Waals surface area contributed by atoms with Crippen LogP contribution in [0.2, 0.25) is 0 Å². The normalized spacial score (nSPS) is 23.1. The van der Waals surface area contributed by atoms with Gasteiger partial charge in [-0.3, -0.25) is 0 Å².